The largest absolute Gasteiger partial charge is 0.497 e. The zero-order valence-electron chi connectivity index (χ0n) is 24.0. The number of carbonyl (C=O) groups is 2. The van der Waals surface area contributed by atoms with Gasteiger partial charge in [-0.15, -0.1) is 0 Å². The van der Waals surface area contributed by atoms with Crippen molar-refractivity contribution in [1.82, 2.24) is 10.2 Å². The highest BCUT2D eigenvalue weighted by molar-refractivity contribution is 7.92. The molecule has 0 radical (unpaired) electrons. The summed E-state index contributed by atoms with van der Waals surface area (Å²) in [7, 11) is -1.42. The minimum Gasteiger partial charge on any atom is -0.497 e. The van der Waals surface area contributed by atoms with Gasteiger partial charge in [0.05, 0.1) is 24.8 Å². The van der Waals surface area contributed by atoms with Crippen LogP contribution in [0.5, 0.6) is 11.5 Å². The van der Waals surface area contributed by atoms with Crippen LogP contribution in [0.3, 0.4) is 0 Å². The molecule has 9 nitrogen and oxygen atoms in total. The second-order valence-electron chi connectivity index (χ2n) is 10.4. The zero-order valence-corrected chi connectivity index (χ0v) is 24.9. The molecule has 0 spiro atoms. The molecule has 0 unspecified atom stereocenters. The van der Waals surface area contributed by atoms with E-state index in [0.717, 1.165) is 4.31 Å². The van der Waals surface area contributed by atoms with E-state index in [4.69, 9.17) is 9.47 Å². The van der Waals surface area contributed by atoms with Gasteiger partial charge in [-0.2, -0.15) is 0 Å². The molecule has 1 N–H and O–H groups in total. The standard InChI is InChI=1S/C30H36FN3O6S/c1-21(29(36)32-30(2,3)4)33(19-22-11-13-23(31)14-12-22)28(35)20-34(26-9-7-8-10-27(26)40-6)41(37,38)25-17-15-24(39-5)16-18-25/h7-18,21H,19-20H2,1-6H3,(H,32,36)/t21-/m0/s1. The Morgan fingerprint density at radius 3 is 2.10 bits per heavy atom. The van der Waals surface area contributed by atoms with E-state index in [1.165, 1.54) is 73.7 Å². The number of amides is 2. The first-order valence-electron chi connectivity index (χ1n) is 12.9. The summed E-state index contributed by atoms with van der Waals surface area (Å²) in [5.41, 5.74) is 0.140. The second kappa shape index (κ2) is 13.0. The van der Waals surface area contributed by atoms with E-state index in [1.807, 2.05) is 20.8 Å². The van der Waals surface area contributed by atoms with Crippen LogP contribution in [0, 0.1) is 5.82 Å². The van der Waals surface area contributed by atoms with E-state index < -0.39 is 45.8 Å². The van der Waals surface area contributed by atoms with Crippen LogP contribution >= 0.6 is 0 Å². The summed E-state index contributed by atoms with van der Waals surface area (Å²) in [5, 5.41) is 2.86. The molecule has 3 rings (SSSR count). The Morgan fingerprint density at radius 1 is 0.927 bits per heavy atom. The monoisotopic (exact) mass is 585 g/mol. The van der Waals surface area contributed by atoms with Crippen molar-refractivity contribution in [3.63, 3.8) is 0 Å². The van der Waals surface area contributed by atoms with Crippen LogP contribution in [0.25, 0.3) is 0 Å². The molecule has 220 valence electrons. The minimum atomic E-state index is -4.29. The van der Waals surface area contributed by atoms with E-state index in [-0.39, 0.29) is 22.9 Å². The summed E-state index contributed by atoms with van der Waals surface area (Å²) in [6, 6.07) is 16.8. The number of sulfonamides is 1. The normalized spacial score (nSPS) is 12.3. The fraction of sp³-hybridized carbons (Fsp3) is 0.333. The number of halogens is 1. The SMILES string of the molecule is COc1ccc(S(=O)(=O)N(CC(=O)N(Cc2ccc(F)cc2)[C@@H](C)C(=O)NC(C)(C)C)c2ccccc2OC)cc1. The number of hydrogen-bond donors (Lipinski definition) is 1. The van der Waals surface area contributed by atoms with Crippen LogP contribution in [0.2, 0.25) is 0 Å². The lowest BCUT2D eigenvalue weighted by Gasteiger charge is -2.33. The number of rotatable bonds is 11. The molecule has 0 aliphatic rings. The molecule has 0 aromatic heterocycles. The zero-order chi connectivity index (χ0) is 30.4. The average Bonchev–Trinajstić information content (AvgIpc) is 2.94. The fourth-order valence-corrected chi connectivity index (χ4v) is 5.49. The maximum Gasteiger partial charge on any atom is 0.264 e. The summed E-state index contributed by atoms with van der Waals surface area (Å²) in [4.78, 5) is 28.4. The van der Waals surface area contributed by atoms with E-state index in [0.29, 0.717) is 11.3 Å². The van der Waals surface area contributed by atoms with E-state index in [9.17, 15) is 22.4 Å². The van der Waals surface area contributed by atoms with Gasteiger partial charge in [0.15, 0.2) is 0 Å². The number of nitrogens with one attached hydrogen (secondary N) is 1. The van der Waals surface area contributed by atoms with Gasteiger partial charge in [0, 0.05) is 12.1 Å². The molecule has 0 saturated heterocycles. The fourth-order valence-electron chi connectivity index (χ4n) is 4.07. The third-order valence-electron chi connectivity index (χ3n) is 6.21. The first-order valence-corrected chi connectivity index (χ1v) is 14.4. The number of para-hydroxylation sites is 2. The molecule has 3 aromatic carbocycles. The lowest BCUT2D eigenvalue weighted by atomic mass is 10.1. The number of anilines is 1. The van der Waals surface area contributed by atoms with Crippen LogP contribution in [-0.4, -0.2) is 57.5 Å². The smallest absolute Gasteiger partial charge is 0.264 e. The van der Waals surface area contributed by atoms with Gasteiger partial charge in [0.2, 0.25) is 11.8 Å². The van der Waals surface area contributed by atoms with Gasteiger partial charge in [-0.3, -0.25) is 13.9 Å². The first kappa shape index (κ1) is 31.4. The third kappa shape index (κ3) is 7.97. The van der Waals surface area contributed by atoms with E-state index in [2.05, 4.69) is 5.32 Å². The third-order valence-corrected chi connectivity index (χ3v) is 7.99. The van der Waals surface area contributed by atoms with Crippen molar-refractivity contribution in [2.45, 2.75) is 50.7 Å². The number of ether oxygens (including phenoxy) is 2. The Balaban J connectivity index is 2.07. The van der Waals surface area contributed by atoms with Gasteiger partial charge in [-0.05, 0) is 81.8 Å². The molecule has 0 heterocycles. The van der Waals surface area contributed by atoms with Gasteiger partial charge in [-0.25, -0.2) is 12.8 Å². The summed E-state index contributed by atoms with van der Waals surface area (Å²) in [6.07, 6.45) is 0. The molecule has 0 bridgehead atoms. The van der Waals surface area contributed by atoms with Crippen LogP contribution in [0.1, 0.15) is 33.3 Å². The second-order valence-corrected chi connectivity index (χ2v) is 12.3. The summed E-state index contributed by atoms with van der Waals surface area (Å²) in [5.74, 6) is -0.809. The lowest BCUT2D eigenvalue weighted by molar-refractivity contribution is -0.140. The van der Waals surface area contributed by atoms with Crippen molar-refractivity contribution in [2.24, 2.45) is 0 Å². The Kier molecular flexibility index (Phi) is 9.98. The molecule has 0 aliphatic heterocycles. The number of hydrogen-bond acceptors (Lipinski definition) is 6. The quantitative estimate of drug-likeness (QED) is 0.358. The predicted octanol–water partition coefficient (Wildman–Crippen LogP) is 4.37. The Bertz CT molecular complexity index is 1450. The Hall–Kier alpha value is -4.12. The lowest BCUT2D eigenvalue weighted by Crippen LogP contribution is -2.54. The van der Waals surface area contributed by atoms with Crippen LogP contribution in [0.4, 0.5) is 10.1 Å². The molecule has 2 amide bonds. The van der Waals surface area contributed by atoms with Gasteiger partial charge in [0.25, 0.3) is 10.0 Å². The maximum absolute atomic E-state index is 14.0. The number of benzene rings is 3. The Morgan fingerprint density at radius 2 is 1.54 bits per heavy atom. The van der Waals surface area contributed by atoms with Crippen molar-refractivity contribution >= 4 is 27.5 Å². The van der Waals surface area contributed by atoms with Gasteiger partial charge >= 0.3 is 0 Å². The van der Waals surface area contributed by atoms with E-state index in [1.54, 1.807) is 25.1 Å². The minimum absolute atomic E-state index is 0.0554. The van der Waals surface area contributed by atoms with Gasteiger partial charge < -0.3 is 19.7 Å². The molecular weight excluding hydrogens is 549 g/mol. The highest BCUT2D eigenvalue weighted by Gasteiger charge is 2.34. The van der Waals surface area contributed by atoms with Crippen molar-refractivity contribution in [1.29, 1.82) is 0 Å². The molecule has 11 heteroatoms. The average molecular weight is 586 g/mol. The molecular formula is C30H36FN3O6S. The number of nitrogens with zero attached hydrogens (tertiary/aromatic N) is 2. The topological polar surface area (TPSA) is 105 Å². The van der Waals surface area contributed by atoms with Gasteiger partial charge in [0.1, 0.15) is 29.9 Å². The molecule has 0 fully saturated rings. The Labute approximate surface area is 240 Å². The highest BCUT2D eigenvalue weighted by Crippen LogP contribution is 2.33. The van der Waals surface area contributed by atoms with Crippen LogP contribution in [0.15, 0.2) is 77.7 Å². The highest BCUT2D eigenvalue weighted by atomic mass is 32.2. The molecule has 0 aliphatic carbocycles. The van der Waals surface area contributed by atoms with Crippen LogP contribution in [-0.2, 0) is 26.2 Å². The molecule has 0 saturated carbocycles. The molecule has 41 heavy (non-hydrogen) atoms. The predicted molar refractivity (Wildman–Crippen MR) is 155 cm³/mol. The summed E-state index contributed by atoms with van der Waals surface area (Å²) >= 11 is 0. The first-order chi connectivity index (χ1) is 19.3. The van der Waals surface area contributed by atoms with Crippen LogP contribution < -0.4 is 19.1 Å². The molecule has 1 atom stereocenters. The van der Waals surface area contributed by atoms with Crippen molar-refractivity contribution in [2.75, 3.05) is 25.1 Å². The molecule has 3 aromatic rings. The van der Waals surface area contributed by atoms with Crippen molar-refractivity contribution in [3.8, 4) is 11.5 Å². The number of carbonyl (C=O) groups excluding carboxylic acids is 2. The summed E-state index contributed by atoms with van der Waals surface area (Å²) in [6.45, 7) is 6.31. The van der Waals surface area contributed by atoms with Gasteiger partial charge in [-0.1, -0.05) is 24.3 Å². The summed E-state index contributed by atoms with van der Waals surface area (Å²) < 4.78 is 53.1. The van der Waals surface area contributed by atoms with Crippen molar-refractivity contribution in [3.05, 3.63) is 84.2 Å². The maximum atomic E-state index is 14.0. The van der Waals surface area contributed by atoms with Crippen molar-refractivity contribution < 1.29 is 31.9 Å². The number of methoxy groups -OCH3 is 2. The van der Waals surface area contributed by atoms with E-state index >= 15 is 0 Å².